The highest BCUT2D eigenvalue weighted by Crippen LogP contribution is 2.19. The number of hydrogen-bond acceptors (Lipinski definition) is 7. The van der Waals surface area contributed by atoms with Crippen LogP contribution in [-0.2, 0) is 35.1 Å². The molecule has 3 unspecified atom stereocenters. The summed E-state index contributed by atoms with van der Waals surface area (Å²) >= 11 is 0. The van der Waals surface area contributed by atoms with E-state index in [0.29, 0.717) is 5.56 Å². The average Bonchev–Trinajstić information content (AvgIpc) is 2.75. The number of aliphatic hydroxyl groups is 1. The van der Waals surface area contributed by atoms with Gasteiger partial charge in [-0.05, 0) is 23.3 Å². The van der Waals surface area contributed by atoms with Crippen molar-refractivity contribution in [2.45, 2.75) is 44.9 Å². The summed E-state index contributed by atoms with van der Waals surface area (Å²) in [6, 6.07) is 10.0. The lowest BCUT2D eigenvalue weighted by Crippen LogP contribution is -2.56. The zero-order valence-electron chi connectivity index (χ0n) is 18.2. The lowest BCUT2D eigenvalue weighted by atomic mass is 10.0. The van der Waals surface area contributed by atoms with E-state index in [4.69, 9.17) is 9.84 Å². The fourth-order valence-corrected chi connectivity index (χ4v) is 3.21. The second-order valence-electron chi connectivity index (χ2n) is 7.52. The summed E-state index contributed by atoms with van der Waals surface area (Å²) < 4.78 is 5.02. The molecule has 2 rings (SSSR count). The Balaban J connectivity index is 2.02. The van der Waals surface area contributed by atoms with Crippen LogP contribution in [0.1, 0.15) is 25.8 Å². The van der Waals surface area contributed by atoms with Gasteiger partial charge in [0, 0.05) is 6.92 Å². The summed E-state index contributed by atoms with van der Waals surface area (Å²) in [5, 5.41) is 25.0. The highest BCUT2D eigenvalue weighted by atomic mass is 16.5. The van der Waals surface area contributed by atoms with Crippen LogP contribution in [0, 0.1) is 0 Å². The van der Waals surface area contributed by atoms with Crippen molar-refractivity contribution in [2.24, 2.45) is 0 Å². The number of amides is 2. The average molecular weight is 458 g/mol. The molecule has 0 saturated heterocycles. The SMILES string of the molecule is CC(=O)NC(C(=O)NC(CC(=O)O)C(=O)COC(=O)Cc1cccc2ccccc12)C(C)O. The van der Waals surface area contributed by atoms with Crippen molar-refractivity contribution in [1.29, 1.82) is 0 Å². The quantitative estimate of drug-likeness (QED) is 0.351. The van der Waals surface area contributed by atoms with Crippen molar-refractivity contribution in [3.05, 3.63) is 48.0 Å². The van der Waals surface area contributed by atoms with Gasteiger partial charge >= 0.3 is 11.9 Å². The number of carboxylic acids is 1. The van der Waals surface area contributed by atoms with Crippen molar-refractivity contribution in [3.8, 4) is 0 Å². The normalized spacial score (nSPS) is 13.4. The van der Waals surface area contributed by atoms with Crippen molar-refractivity contribution < 1.29 is 38.9 Å². The number of carbonyl (C=O) groups excluding carboxylic acids is 4. The minimum atomic E-state index is -1.52. The van der Waals surface area contributed by atoms with Gasteiger partial charge in [0.05, 0.1) is 18.9 Å². The molecule has 2 aromatic rings. The van der Waals surface area contributed by atoms with Crippen LogP contribution < -0.4 is 10.6 Å². The number of nitrogens with one attached hydrogen (secondary N) is 2. The number of hydrogen-bond donors (Lipinski definition) is 4. The molecule has 0 aliphatic rings. The van der Waals surface area contributed by atoms with Gasteiger partial charge in [0.1, 0.15) is 12.1 Å². The van der Waals surface area contributed by atoms with Gasteiger partial charge in [0.15, 0.2) is 12.4 Å². The molecule has 0 heterocycles. The van der Waals surface area contributed by atoms with Gasteiger partial charge < -0.3 is 25.6 Å². The number of carboxylic acid groups (broad SMARTS) is 1. The number of ether oxygens (including phenoxy) is 1. The topological polar surface area (TPSA) is 159 Å². The molecule has 0 bridgehead atoms. The molecular formula is C23H26N2O8. The van der Waals surface area contributed by atoms with E-state index in [1.807, 2.05) is 30.3 Å². The minimum absolute atomic E-state index is 0.1000. The molecule has 0 aromatic heterocycles. The maximum absolute atomic E-state index is 12.5. The molecule has 10 nitrogen and oxygen atoms in total. The molecular weight excluding hydrogens is 432 g/mol. The van der Waals surface area contributed by atoms with E-state index in [1.54, 1.807) is 12.1 Å². The summed E-state index contributed by atoms with van der Waals surface area (Å²) in [4.78, 5) is 59.6. The highest BCUT2D eigenvalue weighted by Gasteiger charge is 2.30. The summed E-state index contributed by atoms with van der Waals surface area (Å²) in [5.74, 6) is -4.45. The zero-order chi connectivity index (χ0) is 24.5. The molecule has 0 aliphatic carbocycles. The standard InChI is InChI=1S/C23H26N2O8/c1-13(26)22(24-14(2)27)23(32)25-18(11-20(29)30)19(28)12-33-21(31)10-16-8-5-7-15-6-3-4-9-17(15)16/h3-9,13,18,22,26H,10-12H2,1-2H3,(H,24,27)(H,25,32)(H,29,30). The predicted octanol–water partition coefficient (Wildman–Crippen LogP) is 0.340. The van der Waals surface area contributed by atoms with Crippen LogP contribution in [0.15, 0.2) is 42.5 Å². The Morgan fingerprint density at radius 3 is 2.30 bits per heavy atom. The van der Waals surface area contributed by atoms with Crippen LogP contribution in [0.25, 0.3) is 10.8 Å². The second kappa shape index (κ2) is 11.7. The molecule has 0 aliphatic heterocycles. The first-order valence-electron chi connectivity index (χ1n) is 10.2. The van der Waals surface area contributed by atoms with Crippen LogP contribution >= 0.6 is 0 Å². The maximum atomic E-state index is 12.5. The number of carbonyl (C=O) groups is 5. The van der Waals surface area contributed by atoms with E-state index in [2.05, 4.69) is 10.6 Å². The Labute approximate surface area is 189 Å². The molecule has 10 heteroatoms. The van der Waals surface area contributed by atoms with Crippen molar-refractivity contribution in [2.75, 3.05) is 6.61 Å². The zero-order valence-corrected chi connectivity index (χ0v) is 18.2. The highest BCUT2D eigenvalue weighted by molar-refractivity contribution is 5.96. The number of esters is 1. The number of aliphatic hydroxyl groups excluding tert-OH is 1. The lowest BCUT2D eigenvalue weighted by Gasteiger charge is -2.23. The molecule has 4 N–H and O–H groups in total. The maximum Gasteiger partial charge on any atom is 0.310 e. The van der Waals surface area contributed by atoms with Gasteiger partial charge in [-0.2, -0.15) is 0 Å². The second-order valence-corrected chi connectivity index (χ2v) is 7.52. The number of benzene rings is 2. The molecule has 0 fully saturated rings. The van der Waals surface area contributed by atoms with Crippen LogP contribution in [0.5, 0.6) is 0 Å². The first-order chi connectivity index (χ1) is 15.6. The first kappa shape index (κ1) is 25.5. The molecule has 2 amide bonds. The Bertz CT molecular complexity index is 1040. The summed E-state index contributed by atoms with van der Waals surface area (Å²) in [5.41, 5.74) is 0.705. The van der Waals surface area contributed by atoms with Crippen LogP contribution in [-0.4, -0.2) is 64.5 Å². The van der Waals surface area contributed by atoms with Crippen LogP contribution in [0.4, 0.5) is 0 Å². The number of aliphatic carboxylic acids is 1. The number of fused-ring (bicyclic) bond motifs is 1. The molecule has 176 valence electrons. The summed E-state index contributed by atoms with van der Waals surface area (Å²) in [7, 11) is 0. The van der Waals surface area contributed by atoms with E-state index in [0.717, 1.165) is 17.7 Å². The van der Waals surface area contributed by atoms with Gasteiger partial charge in [-0.15, -0.1) is 0 Å². The Hall–Kier alpha value is -3.79. The minimum Gasteiger partial charge on any atom is -0.481 e. The lowest BCUT2D eigenvalue weighted by molar-refractivity contribution is -0.149. The molecule has 2 aromatic carbocycles. The monoisotopic (exact) mass is 458 g/mol. The smallest absolute Gasteiger partial charge is 0.310 e. The van der Waals surface area contributed by atoms with E-state index in [-0.39, 0.29) is 6.42 Å². The van der Waals surface area contributed by atoms with Gasteiger partial charge in [-0.25, -0.2) is 0 Å². The van der Waals surface area contributed by atoms with E-state index in [9.17, 15) is 29.1 Å². The fraction of sp³-hybridized carbons (Fsp3) is 0.348. The Morgan fingerprint density at radius 1 is 1.00 bits per heavy atom. The summed E-state index contributed by atoms with van der Waals surface area (Å²) in [6.07, 6.45) is -2.16. The van der Waals surface area contributed by atoms with Gasteiger partial charge in [0.25, 0.3) is 0 Å². The largest absolute Gasteiger partial charge is 0.481 e. The third-order valence-corrected chi connectivity index (χ3v) is 4.80. The number of rotatable bonds is 11. The molecule has 0 saturated carbocycles. The molecule has 0 spiro atoms. The van der Waals surface area contributed by atoms with Crippen LogP contribution in [0.2, 0.25) is 0 Å². The van der Waals surface area contributed by atoms with Gasteiger partial charge in [-0.3, -0.25) is 24.0 Å². The fourth-order valence-electron chi connectivity index (χ4n) is 3.21. The van der Waals surface area contributed by atoms with Crippen molar-refractivity contribution >= 4 is 40.3 Å². The summed E-state index contributed by atoms with van der Waals surface area (Å²) in [6.45, 7) is 1.64. The van der Waals surface area contributed by atoms with E-state index < -0.39 is 60.8 Å². The number of Topliss-reactive ketones (excluding diaryl/α,β-unsaturated/α-hetero) is 1. The Kier molecular flexibility index (Phi) is 9.05. The van der Waals surface area contributed by atoms with Gasteiger partial charge in [-0.1, -0.05) is 42.5 Å². The molecule has 33 heavy (non-hydrogen) atoms. The predicted molar refractivity (Wildman–Crippen MR) is 117 cm³/mol. The molecule has 0 radical (unpaired) electrons. The van der Waals surface area contributed by atoms with E-state index >= 15 is 0 Å². The van der Waals surface area contributed by atoms with E-state index in [1.165, 1.54) is 6.92 Å². The van der Waals surface area contributed by atoms with Crippen molar-refractivity contribution in [1.82, 2.24) is 10.6 Å². The van der Waals surface area contributed by atoms with Crippen LogP contribution in [0.3, 0.4) is 0 Å². The Morgan fingerprint density at radius 2 is 1.67 bits per heavy atom. The third kappa shape index (κ3) is 7.69. The number of ketones is 1. The van der Waals surface area contributed by atoms with Crippen molar-refractivity contribution in [3.63, 3.8) is 0 Å². The third-order valence-electron chi connectivity index (χ3n) is 4.80. The van der Waals surface area contributed by atoms with Gasteiger partial charge in [0.2, 0.25) is 11.8 Å². The molecule has 3 atom stereocenters. The first-order valence-corrected chi connectivity index (χ1v) is 10.2.